The molecular weight excluding hydrogens is 442 g/mol. The van der Waals surface area contributed by atoms with Gasteiger partial charge in [0.2, 0.25) is 5.43 Å². The molecule has 1 fully saturated rings. The minimum atomic E-state index is -2.83. The molecule has 10 heteroatoms. The van der Waals surface area contributed by atoms with Crippen LogP contribution in [0.2, 0.25) is 0 Å². The first-order valence-corrected chi connectivity index (χ1v) is 10.6. The van der Waals surface area contributed by atoms with E-state index < -0.39 is 12.6 Å². The van der Waals surface area contributed by atoms with Crippen molar-refractivity contribution < 1.29 is 13.6 Å². The Kier molecular flexibility index (Phi) is 5.40. The summed E-state index contributed by atoms with van der Waals surface area (Å²) in [5, 5.41) is 8.90. The van der Waals surface area contributed by atoms with E-state index >= 15 is 0 Å². The van der Waals surface area contributed by atoms with Gasteiger partial charge in [0.25, 0.3) is 0 Å². The first-order valence-electron chi connectivity index (χ1n) is 10.6. The van der Waals surface area contributed by atoms with Gasteiger partial charge in [-0.2, -0.15) is 19.0 Å². The number of aryl methyl sites for hydroxylation is 1. The number of hydrogen-bond acceptors (Lipinski definition) is 4. The minimum absolute atomic E-state index is 0.0307. The Hall–Kier alpha value is -4.34. The molecule has 0 spiro atoms. The highest BCUT2D eigenvalue weighted by Crippen LogP contribution is 2.26. The summed E-state index contributed by atoms with van der Waals surface area (Å²) in [5.74, 6) is 0. The minimum Gasteiger partial charge on any atom is -0.292 e. The Bertz CT molecular complexity index is 1420. The number of urea groups is 1. The van der Waals surface area contributed by atoms with Crippen molar-refractivity contribution in [3.05, 3.63) is 88.8 Å². The topological polar surface area (TPSA) is 76.3 Å². The second-order valence-electron chi connectivity index (χ2n) is 7.81. The highest BCUT2D eigenvalue weighted by atomic mass is 19.3. The second kappa shape index (κ2) is 8.54. The summed E-state index contributed by atoms with van der Waals surface area (Å²) in [6.07, 6.45) is 3.17. The summed E-state index contributed by atoms with van der Waals surface area (Å²) in [7, 11) is 0. The molecule has 0 unspecified atom stereocenters. The van der Waals surface area contributed by atoms with E-state index in [2.05, 4.69) is 10.2 Å². The fraction of sp³-hybridized carbons (Fsp3) is 0.167. The highest BCUT2D eigenvalue weighted by Gasteiger charge is 2.34. The maximum Gasteiger partial charge on any atom is 0.328 e. The molecule has 2 aromatic heterocycles. The third-order valence-corrected chi connectivity index (χ3v) is 5.71. The number of carbonyl (C=O) groups is 1. The van der Waals surface area contributed by atoms with E-state index in [1.54, 1.807) is 46.0 Å². The molecule has 0 N–H and O–H groups in total. The van der Waals surface area contributed by atoms with Gasteiger partial charge in [-0.05, 0) is 48.9 Å². The molecule has 3 heterocycles. The normalized spacial score (nSPS) is 13.8. The fourth-order valence-corrected chi connectivity index (χ4v) is 4.02. The molecule has 34 heavy (non-hydrogen) atoms. The third-order valence-electron chi connectivity index (χ3n) is 5.71. The summed E-state index contributed by atoms with van der Waals surface area (Å²) < 4.78 is 29.2. The van der Waals surface area contributed by atoms with Gasteiger partial charge < -0.3 is 0 Å². The van der Waals surface area contributed by atoms with Crippen molar-refractivity contribution in [1.82, 2.24) is 24.5 Å². The molecule has 4 aromatic rings. The quantitative estimate of drug-likeness (QED) is 0.422. The summed E-state index contributed by atoms with van der Waals surface area (Å²) in [6.45, 7) is -0.841. The van der Waals surface area contributed by atoms with Crippen molar-refractivity contribution in [2.75, 3.05) is 18.0 Å². The Labute approximate surface area is 193 Å². The molecule has 1 aliphatic rings. The standard InChI is InChI=1S/C24H20F2N6O2/c1-16-15-18(29-13-14-30(23(25)26)24(29)34)7-8-19(16)31-12-10-21(33)22(28-31)20-9-11-27-32(20)17-5-3-2-4-6-17/h2-12,15,23H,13-14H2,1H3. The Morgan fingerprint density at radius 3 is 2.44 bits per heavy atom. The predicted octanol–water partition coefficient (Wildman–Crippen LogP) is 3.86. The van der Waals surface area contributed by atoms with Crippen molar-refractivity contribution in [1.29, 1.82) is 0 Å². The molecule has 2 amide bonds. The van der Waals surface area contributed by atoms with Crippen molar-refractivity contribution >= 4 is 11.7 Å². The number of aromatic nitrogens is 4. The second-order valence-corrected chi connectivity index (χ2v) is 7.81. The third kappa shape index (κ3) is 3.72. The number of hydrogen-bond donors (Lipinski definition) is 0. The van der Waals surface area contributed by atoms with E-state index in [9.17, 15) is 18.4 Å². The largest absolute Gasteiger partial charge is 0.328 e. The van der Waals surface area contributed by atoms with Crippen LogP contribution in [0.3, 0.4) is 0 Å². The molecule has 1 saturated heterocycles. The van der Waals surface area contributed by atoms with Crippen molar-refractivity contribution in [3.63, 3.8) is 0 Å². The maximum atomic E-state index is 13.0. The number of halogens is 2. The molecule has 2 aromatic carbocycles. The van der Waals surface area contributed by atoms with Crippen LogP contribution in [0.4, 0.5) is 19.3 Å². The van der Waals surface area contributed by atoms with Crippen LogP contribution in [0.1, 0.15) is 5.56 Å². The zero-order chi connectivity index (χ0) is 23.8. The van der Waals surface area contributed by atoms with Crippen LogP contribution in [0.5, 0.6) is 0 Å². The molecule has 172 valence electrons. The number of alkyl halides is 2. The van der Waals surface area contributed by atoms with Gasteiger partial charge >= 0.3 is 12.6 Å². The van der Waals surface area contributed by atoms with E-state index in [-0.39, 0.29) is 24.2 Å². The van der Waals surface area contributed by atoms with E-state index in [4.69, 9.17) is 0 Å². The van der Waals surface area contributed by atoms with Crippen molar-refractivity contribution in [2.24, 2.45) is 0 Å². The smallest absolute Gasteiger partial charge is 0.292 e. The van der Waals surface area contributed by atoms with Crippen LogP contribution >= 0.6 is 0 Å². The lowest BCUT2D eigenvalue weighted by molar-refractivity contribution is 0.0151. The van der Waals surface area contributed by atoms with Crippen LogP contribution in [-0.2, 0) is 0 Å². The van der Waals surface area contributed by atoms with Gasteiger partial charge in [-0.3, -0.25) is 14.6 Å². The van der Waals surface area contributed by atoms with Gasteiger partial charge in [0.05, 0.1) is 23.3 Å². The van der Waals surface area contributed by atoms with Crippen LogP contribution < -0.4 is 10.3 Å². The molecule has 0 bridgehead atoms. The first-order chi connectivity index (χ1) is 16.4. The molecule has 1 aliphatic heterocycles. The lowest BCUT2D eigenvalue weighted by Gasteiger charge is -2.19. The van der Waals surface area contributed by atoms with Gasteiger partial charge in [-0.1, -0.05) is 18.2 Å². The monoisotopic (exact) mass is 462 g/mol. The zero-order valence-corrected chi connectivity index (χ0v) is 18.2. The SMILES string of the molecule is Cc1cc(N2CCN(C(F)F)C2=O)ccc1-n1ccc(=O)c(-c2ccnn2-c2ccccc2)n1. The number of anilines is 1. The van der Waals surface area contributed by atoms with Crippen molar-refractivity contribution in [3.8, 4) is 22.8 Å². The van der Waals surface area contributed by atoms with Gasteiger partial charge in [0, 0.05) is 31.0 Å². The number of carbonyl (C=O) groups excluding carboxylic acids is 1. The van der Waals surface area contributed by atoms with Gasteiger partial charge in [-0.15, -0.1) is 0 Å². The summed E-state index contributed by atoms with van der Waals surface area (Å²) in [5.41, 5.74) is 3.31. The van der Waals surface area contributed by atoms with Crippen LogP contribution in [0.25, 0.3) is 22.8 Å². The average molecular weight is 462 g/mol. The van der Waals surface area contributed by atoms with Gasteiger partial charge in [0.1, 0.15) is 0 Å². The van der Waals surface area contributed by atoms with Crippen molar-refractivity contribution in [2.45, 2.75) is 13.5 Å². The van der Waals surface area contributed by atoms with E-state index in [0.29, 0.717) is 22.0 Å². The molecule has 0 radical (unpaired) electrons. The summed E-state index contributed by atoms with van der Waals surface area (Å²) in [4.78, 5) is 26.8. The summed E-state index contributed by atoms with van der Waals surface area (Å²) >= 11 is 0. The molecular formula is C24H20F2N6O2. The van der Waals surface area contributed by atoms with Crippen LogP contribution in [0.15, 0.2) is 77.9 Å². The number of amides is 2. The Balaban J connectivity index is 1.50. The number of nitrogens with zero attached hydrogens (tertiary/aromatic N) is 6. The van der Waals surface area contributed by atoms with Crippen LogP contribution in [-0.4, -0.2) is 50.1 Å². The van der Waals surface area contributed by atoms with Gasteiger partial charge in [-0.25, -0.2) is 14.2 Å². The van der Waals surface area contributed by atoms with E-state index in [1.165, 1.54) is 11.0 Å². The highest BCUT2D eigenvalue weighted by molar-refractivity contribution is 5.94. The van der Waals surface area contributed by atoms with E-state index in [0.717, 1.165) is 11.3 Å². The first kappa shape index (κ1) is 21.5. The molecule has 0 aliphatic carbocycles. The molecule has 0 atom stereocenters. The lowest BCUT2D eigenvalue weighted by atomic mass is 10.1. The Morgan fingerprint density at radius 2 is 1.74 bits per heavy atom. The maximum absolute atomic E-state index is 13.0. The van der Waals surface area contributed by atoms with Gasteiger partial charge in [0.15, 0.2) is 5.69 Å². The van der Waals surface area contributed by atoms with E-state index in [1.807, 2.05) is 37.3 Å². The average Bonchev–Trinajstić information content (AvgIpc) is 3.47. The zero-order valence-electron chi connectivity index (χ0n) is 18.2. The van der Waals surface area contributed by atoms with Crippen LogP contribution in [0, 0.1) is 6.92 Å². The fourth-order valence-electron chi connectivity index (χ4n) is 4.02. The number of para-hydroxylation sites is 1. The Morgan fingerprint density at radius 1 is 0.941 bits per heavy atom. The summed E-state index contributed by atoms with van der Waals surface area (Å²) in [6, 6.07) is 17.0. The predicted molar refractivity (Wildman–Crippen MR) is 123 cm³/mol. The molecule has 8 nitrogen and oxygen atoms in total. The number of rotatable bonds is 5. The lowest BCUT2D eigenvalue weighted by Crippen LogP contribution is -2.35. The molecule has 5 rings (SSSR count). The number of benzene rings is 2. The molecule has 0 saturated carbocycles.